The Morgan fingerprint density at radius 2 is 1.64 bits per heavy atom. The van der Waals surface area contributed by atoms with Gasteiger partial charge in [0.1, 0.15) is 0 Å². The molecule has 1 amide bonds. The van der Waals surface area contributed by atoms with Gasteiger partial charge in [-0.15, -0.1) is 0 Å². The van der Waals surface area contributed by atoms with Crippen LogP contribution in [0.15, 0.2) is 93.7 Å². The van der Waals surface area contributed by atoms with Crippen LogP contribution in [0.1, 0.15) is 6.92 Å². The minimum atomic E-state index is -3.82. The van der Waals surface area contributed by atoms with Gasteiger partial charge in [-0.3, -0.25) is 14.2 Å². The smallest absolute Gasteiger partial charge is 0.266 e. The SMILES string of the molecule is CC(Sc1nc2ccccc2c(=O)n1-c1ccccc1)C(=O)Nc1ccc(S(N)(=O)=O)cc1. The molecular weight excluding hydrogens is 460 g/mol. The van der Waals surface area contributed by atoms with E-state index in [4.69, 9.17) is 5.14 Å². The van der Waals surface area contributed by atoms with Crippen LogP contribution in [0.2, 0.25) is 0 Å². The highest BCUT2D eigenvalue weighted by atomic mass is 32.2. The van der Waals surface area contributed by atoms with Crippen LogP contribution in [0.25, 0.3) is 16.6 Å². The van der Waals surface area contributed by atoms with E-state index in [1.54, 1.807) is 43.3 Å². The van der Waals surface area contributed by atoms with Crippen molar-refractivity contribution in [1.82, 2.24) is 9.55 Å². The van der Waals surface area contributed by atoms with Crippen LogP contribution in [0.5, 0.6) is 0 Å². The van der Waals surface area contributed by atoms with Gasteiger partial charge >= 0.3 is 0 Å². The molecule has 0 radical (unpaired) electrons. The molecule has 4 aromatic rings. The van der Waals surface area contributed by atoms with Gasteiger partial charge in [-0.1, -0.05) is 42.1 Å². The first-order valence-corrected chi connectivity index (χ1v) is 12.3. The summed E-state index contributed by atoms with van der Waals surface area (Å²) in [4.78, 5) is 30.7. The van der Waals surface area contributed by atoms with Crippen molar-refractivity contribution >= 4 is 44.3 Å². The average Bonchev–Trinajstić information content (AvgIpc) is 2.79. The monoisotopic (exact) mass is 480 g/mol. The Balaban J connectivity index is 1.64. The largest absolute Gasteiger partial charge is 0.325 e. The van der Waals surface area contributed by atoms with Gasteiger partial charge in [0.2, 0.25) is 15.9 Å². The molecule has 10 heteroatoms. The molecule has 0 aliphatic heterocycles. The average molecular weight is 481 g/mol. The minimum Gasteiger partial charge on any atom is -0.325 e. The van der Waals surface area contributed by atoms with E-state index in [9.17, 15) is 18.0 Å². The number of nitrogens with two attached hydrogens (primary N) is 1. The summed E-state index contributed by atoms with van der Waals surface area (Å²) in [6.07, 6.45) is 0. The number of para-hydroxylation sites is 2. The number of sulfonamides is 1. The molecule has 1 unspecified atom stereocenters. The summed E-state index contributed by atoms with van der Waals surface area (Å²) in [6.45, 7) is 1.70. The second kappa shape index (κ2) is 9.18. The van der Waals surface area contributed by atoms with E-state index in [2.05, 4.69) is 10.3 Å². The predicted octanol–water partition coefficient (Wildman–Crippen LogP) is 3.15. The number of aromatic nitrogens is 2. The van der Waals surface area contributed by atoms with E-state index in [1.807, 2.05) is 18.2 Å². The molecule has 1 aromatic heterocycles. The molecule has 0 saturated heterocycles. The third-order valence-corrected chi connectivity index (χ3v) is 6.84. The number of benzene rings is 3. The molecule has 1 heterocycles. The molecule has 1 atom stereocenters. The molecule has 33 heavy (non-hydrogen) atoms. The highest BCUT2D eigenvalue weighted by Gasteiger charge is 2.20. The Bertz CT molecular complexity index is 1480. The van der Waals surface area contributed by atoms with E-state index in [0.29, 0.717) is 27.4 Å². The molecule has 3 N–H and O–H groups in total. The standard InChI is InChI=1S/C23H20N4O4S2/c1-15(21(28)25-16-11-13-18(14-12-16)33(24,30)31)32-23-26-20-10-6-5-9-19(20)22(29)27(23)17-7-3-2-4-8-17/h2-15H,1H3,(H,25,28)(H2,24,30,31). The molecule has 0 aliphatic carbocycles. The number of fused-ring (bicyclic) bond motifs is 1. The summed E-state index contributed by atoms with van der Waals surface area (Å²) in [5.74, 6) is -0.328. The van der Waals surface area contributed by atoms with E-state index < -0.39 is 15.3 Å². The molecule has 4 rings (SSSR count). The van der Waals surface area contributed by atoms with Crippen molar-refractivity contribution in [3.05, 3.63) is 89.2 Å². The summed E-state index contributed by atoms with van der Waals surface area (Å²) in [6, 6.07) is 21.7. The van der Waals surface area contributed by atoms with Crippen LogP contribution in [0.3, 0.4) is 0 Å². The van der Waals surface area contributed by atoms with Gasteiger partial charge in [-0.05, 0) is 55.5 Å². The van der Waals surface area contributed by atoms with Gasteiger partial charge in [0.05, 0.1) is 26.7 Å². The van der Waals surface area contributed by atoms with E-state index in [1.165, 1.54) is 28.8 Å². The number of nitrogens with one attached hydrogen (secondary N) is 1. The van der Waals surface area contributed by atoms with Crippen molar-refractivity contribution < 1.29 is 13.2 Å². The van der Waals surface area contributed by atoms with E-state index in [-0.39, 0.29) is 16.4 Å². The first-order valence-electron chi connectivity index (χ1n) is 9.91. The maximum Gasteiger partial charge on any atom is 0.266 e. The van der Waals surface area contributed by atoms with Crippen LogP contribution in [-0.4, -0.2) is 29.1 Å². The lowest BCUT2D eigenvalue weighted by Gasteiger charge is -2.16. The third-order valence-electron chi connectivity index (χ3n) is 4.86. The highest BCUT2D eigenvalue weighted by molar-refractivity contribution is 8.00. The van der Waals surface area contributed by atoms with Crippen molar-refractivity contribution in [1.29, 1.82) is 0 Å². The molecule has 0 bridgehead atoms. The maximum atomic E-state index is 13.3. The number of carbonyl (C=O) groups excluding carboxylic acids is 1. The first-order chi connectivity index (χ1) is 15.7. The minimum absolute atomic E-state index is 0.0461. The molecule has 8 nitrogen and oxygen atoms in total. The summed E-state index contributed by atoms with van der Waals surface area (Å²) >= 11 is 1.15. The molecule has 0 saturated carbocycles. The number of primary sulfonamides is 1. The van der Waals surface area contributed by atoms with Crippen LogP contribution < -0.4 is 16.0 Å². The molecular formula is C23H20N4O4S2. The summed E-state index contributed by atoms with van der Waals surface area (Å²) in [5.41, 5.74) is 1.39. The fraction of sp³-hybridized carbons (Fsp3) is 0.0870. The van der Waals surface area contributed by atoms with Crippen molar-refractivity contribution in [2.45, 2.75) is 22.2 Å². The van der Waals surface area contributed by atoms with Crippen LogP contribution in [0.4, 0.5) is 5.69 Å². The Morgan fingerprint density at radius 3 is 2.30 bits per heavy atom. The fourth-order valence-corrected chi connectivity index (χ4v) is 4.62. The first kappa shape index (κ1) is 22.7. The number of rotatable bonds is 6. The molecule has 168 valence electrons. The number of carbonyl (C=O) groups is 1. The Hall–Kier alpha value is -3.47. The topological polar surface area (TPSA) is 124 Å². The van der Waals surface area contributed by atoms with Gasteiger partial charge in [0, 0.05) is 5.69 Å². The van der Waals surface area contributed by atoms with Gasteiger partial charge < -0.3 is 5.32 Å². The van der Waals surface area contributed by atoms with Gasteiger partial charge in [0.25, 0.3) is 5.56 Å². The zero-order chi connectivity index (χ0) is 23.6. The number of anilines is 1. The Labute approximate surface area is 194 Å². The summed E-state index contributed by atoms with van der Waals surface area (Å²) in [5, 5.41) is 8.11. The van der Waals surface area contributed by atoms with Crippen LogP contribution in [0, 0.1) is 0 Å². The normalized spacial score (nSPS) is 12.4. The second-order valence-corrected chi connectivity index (χ2v) is 10.1. The van der Waals surface area contributed by atoms with Crippen molar-refractivity contribution in [2.75, 3.05) is 5.32 Å². The second-order valence-electron chi connectivity index (χ2n) is 7.21. The Morgan fingerprint density at radius 1 is 1.00 bits per heavy atom. The molecule has 0 fully saturated rings. The Kier molecular flexibility index (Phi) is 6.32. The van der Waals surface area contributed by atoms with Crippen LogP contribution >= 0.6 is 11.8 Å². The third kappa shape index (κ3) is 4.98. The molecule has 3 aromatic carbocycles. The van der Waals surface area contributed by atoms with Gasteiger partial charge in [-0.25, -0.2) is 18.5 Å². The van der Waals surface area contributed by atoms with Crippen molar-refractivity contribution in [3.63, 3.8) is 0 Å². The molecule has 0 spiro atoms. The lowest BCUT2D eigenvalue weighted by molar-refractivity contribution is -0.115. The fourth-order valence-electron chi connectivity index (χ4n) is 3.18. The van der Waals surface area contributed by atoms with Crippen molar-refractivity contribution in [2.24, 2.45) is 5.14 Å². The number of hydrogen-bond donors (Lipinski definition) is 2. The lowest BCUT2D eigenvalue weighted by atomic mass is 10.2. The van der Waals surface area contributed by atoms with E-state index in [0.717, 1.165) is 11.8 Å². The maximum absolute atomic E-state index is 13.3. The van der Waals surface area contributed by atoms with Crippen LogP contribution in [-0.2, 0) is 14.8 Å². The zero-order valence-electron chi connectivity index (χ0n) is 17.5. The molecule has 0 aliphatic rings. The van der Waals surface area contributed by atoms with Crippen molar-refractivity contribution in [3.8, 4) is 5.69 Å². The van der Waals surface area contributed by atoms with Gasteiger partial charge in [0.15, 0.2) is 5.16 Å². The van der Waals surface area contributed by atoms with Gasteiger partial charge in [-0.2, -0.15) is 0 Å². The number of thioether (sulfide) groups is 1. The predicted molar refractivity (Wildman–Crippen MR) is 129 cm³/mol. The number of amides is 1. The number of hydrogen-bond acceptors (Lipinski definition) is 6. The lowest BCUT2D eigenvalue weighted by Crippen LogP contribution is -2.26. The quantitative estimate of drug-likeness (QED) is 0.323. The summed E-state index contributed by atoms with van der Waals surface area (Å²) in [7, 11) is -3.82. The highest BCUT2D eigenvalue weighted by Crippen LogP contribution is 2.26. The summed E-state index contributed by atoms with van der Waals surface area (Å²) < 4.78 is 24.3. The zero-order valence-corrected chi connectivity index (χ0v) is 19.1. The number of nitrogens with zero attached hydrogens (tertiary/aromatic N) is 2. The van der Waals surface area contributed by atoms with E-state index >= 15 is 0 Å².